The first-order chi connectivity index (χ1) is 16.0. The summed E-state index contributed by atoms with van der Waals surface area (Å²) in [6, 6.07) is 4.00. The number of methoxy groups -OCH3 is 1. The summed E-state index contributed by atoms with van der Waals surface area (Å²) in [5.74, 6) is -1.52. The van der Waals surface area contributed by atoms with Crippen molar-refractivity contribution in [3.05, 3.63) is 35.6 Å². The Kier molecular flexibility index (Phi) is 7.63. The van der Waals surface area contributed by atoms with Crippen molar-refractivity contribution in [1.82, 2.24) is 15.5 Å². The Labute approximate surface area is 199 Å². The predicted octanol–water partition coefficient (Wildman–Crippen LogP) is 3.46. The van der Waals surface area contributed by atoms with Gasteiger partial charge in [-0.3, -0.25) is 19.3 Å². The Morgan fingerprint density at radius 3 is 2.41 bits per heavy atom. The number of carbonyl (C=O) groups is 4. The molecule has 186 valence electrons. The summed E-state index contributed by atoms with van der Waals surface area (Å²) in [5, 5.41) is 5.51. The molecule has 4 amide bonds. The SMILES string of the molecule is CCC(C)(C)C1CCC2(CC1)NC(=O)N(CC(=O)NC(CC(=O)OC)c1ccc(F)cc1)C2=O. The van der Waals surface area contributed by atoms with Gasteiger partial charge in [0.25, 0.3) is 5.91 Å². The van der Waals surface area contributed by atoms with E-state index in [9.17, 15) is 23.6 Å². The topological polar surface area (TPSA) is 105 Å². The van der Waals surface area contributed by atoms with Gasteiger partial charge in [-0.05, 0) is 54.7 Å². The molecule has 1 atom stereocenters. The molecule has 0 aromatic heterocycles. The van der Waals surface area contributed by atoms with Gasteiger partial charge >= 0.3 is 12.0 Å². The molecule has 1 heterocycles. The van der Waals surface area contributed by atoms with Crippen LogP contribution in [0.3, 0.4) is 0 Å². The fourth-order valence-electron chi connectivity index (χ4n) is 4.92. The van der Waals surface area contributed by atoms with Crippen LogP contribution in [0, 0.1) is 17.2 Å². The summed E-state index contributed by atoms with van der Waals surface area (Å²) < 4.78 is 18.0. The second-order valence-corrected chi connectivity index (χ2v) is 9.97. The van der Waals surface area contributed by atoms with Crippen molar-refractivity contribution >= 4 is 23.8 Å². The number of amides is 4. The van der Waals surface area contributed by atoms with Crippen molar-refractivity contribution in [3.63, 3.8) is 0 Å². The monoisotopic (exact) mass is 475 g/mol. The number of carbonyl (C=O) groups excluding carboxylic acids is 4. The van der Waals surface area contributed by atoms with Crippen molar-refractivity contribution in [2.75, 3.05) is 13.7 Å². The van der Waals surface area contributed by atoms with Gasteiger partial charge in [0.2, 0.25) is 5.91 Å². The Balaban J connectivity index is 1.66. The van der Waals surface area contributed by atoms with Crippen LogP contribution in [0.1, 0.15) is 70.9 Å². The van der Waals surface area contributed by atoms with Gasteiger partial charge in [0.05, 0.1) is 19.6 Å². The van der Waals surface area contributed by atoms with Gasteiger partial charge < -0.3 is 15.4 Å². The van der Waals surface area contributed by atoms with Crippen LogP contribution in [0.4, 0.5) is 9.18 Å². The molecule has 9 heteroatoms. The van der Waals surface area contributed by atoms with Crippen molar-refractivity contribution in [2.45, 2.75) is 70.9 Å². The Hall–Kier alpha value is -2.97. The second-order valence-electron chi connectivity index (χ2n) is 9.97. The number of hydrogen-bond donors (Lipinski definition) is 2. The molecule has 2 N–H and O–H groups in total. The number of ether oxygens (including phenoxy) is 1. The lowest BCUT2D eigenvalue weighted by Crippen LogP contribution is -2.51. The van der Waals surface area contributed by atoms with Crippen LogP contribution in [0.2, 0.25) is 0 Å². The number of benzene rings is 1. The number of nitrogens with zero attached hydrogens (tertiary/aromatic N) is 1. The van der Waals surface area contributed by atoms with E-state index in [1.54, 1.807) is 0 Å². The third-order valence-corrected chi connectivity index (χ3v) is 7.61. The maximum Gasteiger partial charge on any atom is 0.325 e. The predicted molar refractivity (Wildman–Crippen MR) is 123 cm³/mol. The lowest BCUT2D eigenvalue weighted by molar-refractivity contribution is -0.142. The number of imide groups is 1. The zero-order valence-electron chi connectivity index (χ0n) is 20.3. The summed E-state index contributed by atoms with van der Waals surface area (Å²) in [5.41, 5.74) is -0.285. The van der Waals surface area contributed by atoms with Crippen LogP contribution < -0.4 is 10.6 Å². The molecule has 1 aliphatic heterocycles. The van der Waals surface area contributed by atoms with Gasteiger partial charge in [0.1, 0.15) is 17.9 Å². The molecule has 0 radical (unpaired) electrons. The molecule has 1 spiro atoms. The molecule has 1 saturated heterocycles. The van der Waals surface area contributed by atoms with Gasteiger partial charge in [-0.25, -0.2) is 9.18 Å². The Bertz CT molecular complexity index is 938. The molecule has 2 fully saturated rings. The van der Waals surface area contributed by atoms with E-state index in [0.29, 0.717) is 24.3 Å². The van der Waals surface area contributed by atoms with Crippen LogP contribution in [0.25, 0.3) is 0 Å². The van der Waals surface area contributed by atoms with Gasteiger partial charge in [-0.1, -0.05) is 39.3 Å². The highest BCUT2D eigenvalue weighted by Gasteiger charge is 2.53. The second kappa shape index (κ2) is 10.1. The maximum atomic E-state index is 13.3. The first-order valence-electron chi connectivity index (χ1n) is 11.8. The molecule has 1 aliphatic carbocycles. The van der Waals surface area contributed by atoms with Crippen molar-refractivity contribution in [1.29, 1.82) is 0 Å². The van der Waals surface area contributed by atoms with Crippen LogP contribution in [0.5, 0.6) is 0 Å². The van der Waals surface area contributed by atoms with E-state index in [4.69, 9.17) is 4.74 Å². The van der Waals surface area contributed by atoms with Crippen LogP contribution >= 0.6 is 0 Å². The Morgan fingerprint density at radius 2 is 1.85 bits per heavy atom. The average Bonchev–Trinajstić information content (AvgIpc) is 3.03. The van der Waals surface area contributed by atoms with Crippen LogP contribution in [0.15, 0.2) is 24.3 Å². The molecule has 0 bridgehead atoms. The fourth-order valence-corrected chi connectivity index (χ4v) is 4.92. The molecule has 2 aliphatic rings. The number of rotatable bonds is 8. The van der Waals surface area contributed by atoms with Crippen molar-refractivity contribution in [3.8, 4) is 0 Å². The minimum atomic E-state index is -0.958. The fraction of sp³-hybridized carbons (Fsp3) is 0.600. The van der Waals surface area contributed by atoms with E-state index in [-0.39, 0.29) is 17.7 Å². The first kappa shape index (κ1) is 25.6. The summed E-state index contributed by atoms with van der Waals surface area (Å²) in [4.78, 5) is 51.4. The van der Waals surface area contributed by atoms with E-state index >= 15 is 0 Å². The first-order valence-corrected chi connectivity index (χ1v) is 11.8. The maximum absolute atomic E-state index is 13.3. The van der Waals surface area contributed by atoms with E-state index in [0.717, 1.165) is 24.2 Å². The molecule has 3 rings (SSSR count). The molecule has 34 heavy (non-hydrogen) atoms. The third-order valence-electron chi connectivity index (χ3n) is 7.61. The summed E-state index contributed by atoms with van der Waals surface area (Å²) in [7, 11) is 1.23. The van der Waals surface area contributed by atoms with Gasteiger partial charge in [0.15, 0.2) is 0 Å². The molecule has 8 nitrogen and oxygen atoms in total. The minimum Gasteiger partial charge on any atom is -0.469 e. The zero-order chi connectivity index (χ0) is 25.1. The summed E-state index contributed by atoms with van der Waals surface area (Å²) >= 11 is 0. The number of esters is 1. The highest BCUT2D eigenvalue weighted by molar-refractivity contribution is 6.09. The third kappa shape index (κ3) is 5.39. The number of halogens is 1. The van der Waals surface area contributed by atoms with Crippen LogP contribution in [-0.2, 0) is 19.1 Å². The van der Waals surface area contributed by atoms with E-state index < -0.39 is 41.9 Å². The Morgan fingerprint density at radius 1 is 1.24 bits per heavy atom. The zero-order valence-corrected chi connectivity index (χ0v) is 20.3. The molecule has 1 saturated carbocycles. The molecule has 1 unspecified atom stereocenters. The van der Waals surface area contributed by atoms with E-state index in [1.807, 2.05) is 0 Å². The highest BCUT2D eigenvalue weighted by atomic mass is 19.1. The summed E-state index contributed by atoms with van der Waals surface area (Å²) in [6.45, 7) is 6.15. The molecular weight excluding hydrogens is 441 g/mol. The molecule has 1 aromatic carbocycles. The molecule has 1 aromatic rings. The lowest BCUT2D eigenvalue weighted by atomic mass is 9.65. The number of hydrogen-bond acceptors (Lipinski definition) is 5. The van der Waals surface area contributed by atoms with Gasteiger partial charge in [-0.15, -0.1) is 0 Å². The summed E-state index contributed by atoms with van der Waals surface area (Å²) in [6.07, 6.45) is 3.62. The van der Waals surface area contributed by atoms with Crippen LogP contribution in [-0.4, -0.2) is 47.9 Å². The number of nitrogens with one attached hydrogen (secondary N) is 2. The van der Waals surface area contributed by atoms with Gasteiger partial charge in [-0.2, -0.15) is 0 Å². The van der Waals surface area contributed by atoms with E-state index in [2.05, 4.69) is 31.4 Å². The smallest absolute Gasteiger partial charge is 0.325 e. The van der Waals surface area contributed by atoms with E-state index in [1.165, 1.54) is 31.4 Å². The van der Waals surface area contributed by atoms with Crippen molar-refractivity contribution in [2.24, 2.45) is 11.3 Å². The van der Waals surface area contributed by atoms with Crippen molar-refractivity contribution < 1.29 is 28.3 Å². The number of urea groups is 1. The average molecular weight is 476 g/mol. The molecular formula is C25H34FN3O5. The van der Waals surface area contributed by atoms with Gasteiger partial charge in [0, 0.05) is 0 Å². The highest BCUT2D eigenvalue weighted by Crippen LogP contribution is 2.45. The largest absolute Gasteiger partial charge is 0.469 e. The lowest BCUT2D eigenvalue weighted by Gasteiger charge is -2.42. The quantitative estimate of drug-likeness (QED) is 0.443. The standard InChI is InChI=1S/C25H34FN3O5/c1-5-24(2,3)17-10-12-25(13-11-17)22(32)29(23(33)28-25)15-20(30)27-19(14-21(31)34-4)16-6-8-18(26)9-7-16/h6-9,17,19H,5,10-15H2,1-4H3,(H,27,30)(H,28,33). The normalized spacial score (nSPS) is 23.6. The minimum absolute atomic E-state index is 0.168.